The molecule has 0 aliphatic rings. The van der Waals surface area contributed by atoms with Crippen molar-refractivity contribution in [1.82, 2.24) is 6.15 Å². The Morgan fingerprint density at radius 3 is 0.500 bits per heavy atom. The average molecular weight is 269 g/mol. The quantitative estimate of drug-likeness (QED) is 0.669. The molecule has 3 N–H and O–H groups in total. The van der Waals surface area contributed by atoms with E-state index in [-0.39, 0.29) is 76.2 Å². The number of hydrogen-bond acceptors (Lipinski definition) is 1. The van der Waals surface area contributed by atoms with Crippen LogP contribution in [0.1, 0.15) is 0 Å². The standard InChI is InChI=1S/4ClH.H3N.Pd/h4*1H;1H3;. The largest absolute Gasteiger partial charge is 0.344 e. The maximum atomic E-state index is 0. The third-order valence-electron chi connectivity index (χ3n) is 0. The van der Waals surface area contributed by atoms with E-state index in [9.17, 15) is 0 Å². The Morgan fingerprint density at radius 2 is 0.500 bits per heavy atom. The van der Waals surface area contributed by atoms with Gasteiger partial charge >= 0.3 is 0 Å². The molecule has 0 spiro atoms. The first-order chi connectivity index (χ1) is 0. The van der Waals surface area contributed by atoms with Crippen LogP contribution in [0, 0.1) is 0 Å². The van der Waals surface area contributed by atoms with Gasteiger partial charge in [-0.05, 0) is 0 Å². The van der Waals surface area contributed by atoms with Crippen molar-refractivity contribution in [3.63, 3.8) is 0 Å². The molecule has 6 heavy (non-hydrogen) atoms. The van der Waals surface area contributed by atoms with Crippen LogP contribution in [0.25, 0.3) is 0 Å². The van der Waals surface area contributed by atoms with Crippen molar-refractivity contribution < 1.29 is 20.4 Å². The third-order valence-corrected chi connectivity index (χ3v) is 0. The molecule has 0 saturated carbocycles. The predicted molar refractivity (Wildman–Crippen MR) is 34.0 cm³/mol. The van der Waals surface area contributed by atoms with E-state index in [1.807, 2.05) is 0 Å². The van der Waals surface area contributed by atoms with Gasteiger partial charge in [-0.15, -0.1) is 49.6 Å². The van der Waals surface area contributed by atoms with Crippen LogP contribution in [0.5, 0.6) is 0 Å². The Labute approximate surface area is 75.9 Å². The Morgan fingerprint density at radius 1 is 0.500 bits per heavy atom. The van der Waals surface area contributed by atoms with Gasteiger partial charge in [-0.1, -0.05) is 0 Å². The second-order valence-corrected chi connectivity index (χ2v) is 0. The molecule has 0 aliphatic heterocycles. The van der Waals surface area contributed by atoms with Crippen LogP contribution in [-0.2, 0) is 20.4 Å². The molecule has 0 atom stereocenters. The second-order valence-electron chi connectivity index (χ2n) is 0. The molecular weight excluding hydrogens is 262 g/mol. The fourth-order valence-corrected chi connectivity index (χ4v) is 0. The Kier molecular flexibility index (Phi) is 1340. The molecule has 0 fully saturated rings. The van der Waals surface area contributed by atoms with Crippen LogP contribution < -0.4 is 6.15 Å². The molecule has 0 heterocycles. The Bertz CT molecular complexity index is 7.51. The molecule has 0 aromatic carbocycles. The molecule has 0 aliphatic carbocycles. The molecule has 0 aromatic heterocycles. The first-order valence-corrected chi connectivity index (χ1v) is 0. The van der Waals surface area contributed by atoms with Gasteiger partial charge in [-0.2, -0.15) is 0 Å². The summed E-state index contributed by atoms with van der Waals surface area (Å²) >= 11 is 0. The van der Waals surface area contributed by atoms with E-state index in [2.05, 4.69) is 0 Å². The summed E-state index contributed by atoms with van der Waals surface area (Å²) in [5.74, 6) is 0. The molecule has 1 nitrogen and oxygen atoms in total. The van der Waals surface area contributed by atoms with Gasteiger partial charge in [-0.25, -0.2) is 0 Å². The van der Waals surface area contributed by atoms with Gasteiger partial charge in [0.2, 0.25) is 0 Å². The summed E-state index contributed by atoms with van der Waals surface area (Å²) in [7, 11) is 0. The first-order valence-electron chi connectivity index (χ1n) is 0. The first kappa shape index (κ1) is 113. The fraction of sp³-hybridized carbons (Fsp3) is 0. The molecule has 50 valence electrons. The van der Waals surface area contributed by atoms with E-state index in [1.165, 1.54) is 0 Å². The van der Waals surface area contributed by atoms with Gasteiger partial charge in [0, 0.05) is 20.4 Å². The van der Waals surface area contributed by atoms with E-state index in [0.29, 0.717) is 0 Å². The van der Waals surface area contributed by atoms with Crippen LogP contribution in [-0.4, -0.2) is 0 Å². The van der Waals surface area contributed by atoms with Gasteiger partial charge in [0.05, 0.1) is 0 Å². The van der Waals surface area contributed by atoms with Crippen LogP contribution in [0.2, 0.25) is 0 Å². The van der Waals surface area contributed by atoms with E-state index in [4.69, 9.17) is 0 Å². The number of halogens is 4. The predicted octanol–water partition coefficient (Wildman–Crippen LogP) is 1.85. The number of hydrogen-bond donors (Lipinski definition) is 1. The zero-order valence-electron chi connectivity index (χ0n) is 2.66. The van der Waals surface area contributed by atoms with Gasteiger partial charge in [0.15, 0.2) is 0 Å². The zero-order valence-corrected chi connectivity index (χ0v) is 7.48. The summed E-state index contributed by atoms with van der Waals surface area (Å²) in [6.45, 7) is 0. The minimum absolute atomic E-state index is 0. The fourth-order valence-electron chi connectivity index (χ4n) is 0. The summed E-state index contributed by atoms with van der Waals surface area (Å²) < 4.78 is 0. The van der Waals surface area contributed by atoms with Gasteiger partial charge in [0.1, 0.15) is 0 Å². The Hall–Kier alpha value is 1.78. The van der Waals surface area contributed by atoms with E-state index >= 15 is 0 Å². The normalized spacial score (nSPS) is 0. The van der Waals surface area contributed by atoms with Crippen molar-refractivity contribution in [2.24, 2.45) is 0 Å². The summed E-state index contributed by atoms with van der Waals surface area (Å²) in [4.78, 5) is 0. The van der Waals surface area contributed by atoms with Crippen molar-refractivity contribution in [2.75, 3.05) is 0 Å². The maximum absolute atomic E-state index is 0. The van der Waals surface area contributed by atoms with Crippen molar-refractivity contribution in [3.8, 4) is 0 Å². The van der Waals surface area contributed by atoms with E-state index in [1.54, 1.807) is 0 Å². The van der Waals surface area contributed by atoms with Gasteiger partial charge in [0.25, 0.3) is 0 Å². The molecule has 0 rings (SSSR count). The van der Waals surface area contributed by atoms with Crippen molar-refractivity contribution in [1.29, 1.82) is 0 Å². The molecule has 0 aromatic rings. The Balaban J connectivity index is 0. The second kappa shape index (κ2) is 71.4. The van der Waals surface area contributed by atoms with Crippen molar-refractivity contribution >= 4 is 49.6 Å². The summed E-state index contributed by atoms with van der Waals surface area (Å²) in [6.07, 6.45) is 0. The topological polar surface area (TPSA) is 35.0 Å². The molecule has 0 radical (unpaired) electrons. The summed E-state index contributed by atoms with van der Waals surface area (Å²) in [5, 5.41) is 0. The van der Waals surface area contributed by atoms with Crippen LogP contribution in [0.3, 0.4) is 0 Å². The van der Waals surface area contributed by atoms with Gasteiger partial charge < -0.3 is 6.15 Å². The van der Waals surface area contributed by atoms with Gasteiger partial charge in [-0.3, -0.25) is 0 Å². The monoisotopic (exact) mass is 267 g/mol. The van der Waals surface area contributed by atoms with Crippen molar-refractivity contribution in [2.45, 2.75) is 0 Å². The smallest absolute Gasteiger partial charge is 0 e. The minimum atomic E-state index is 0. The SMILES string of the molecule is Cl.Cl.Cl.Cl.N.[Pd]. The molecule has 0 amide bonds. The van der Waals surface area contributed by atoms with Crippen LogP contribution in [0.15, 0.2) is 0 Å². The average Bonchev–Trinajstić information content (AvgIpc) is 0. The zero-order chi connectivity index (χ0) is 0. The molecule has 0 bridgehead atoms. The van der Waals surface area contributed by atoms with E-state index in [0.717, 1.165) is 0 Å². The molecule has 0 unspecified atom stereocenters. The molecule has 0 saturated heterocycles. The van der Waals surface area contributed by atoms with E-state index < -0.39 is 0 Å². The minimum Gasteiger partial charge on any atom is -0.344 e. The molecular formula is H7Cl4NPd. The third kappa shape index (κ3) is 41.6. The maximum Gasteiger partial charge on any atom is 0 e. The van der Waals surface area contributed by atoms with Crippen LogP contribution >= 0.6 is 49.6 Å². The van der Waals surface area contributed by atoms with Crippen LogP contribution in [0.4, 0.5) is 0 Å². The van der Waals surface area contributed by atoms with Crippen molar-refractivity contribution in [3.05, 3.63) is 0 Å². The summed E-state index contributed by atoms with van der Waals surface area (Å²) in [6, 6.07) is 0. The summed E-state index contributed by atoms with van der Waals surface area (Å²) in [5.41, 5.74) is 0. The number of rotatable bonds is 0. The molecule has 6 heteroatoms.